The van der Waals surface area contributed by atoms with Crippen LogP contribution in [0.2, 0.25) is 0 Å². The minimum Gasteiger partial charge on any atom is -0.229 e. The van der Waals surface area contributed by atoms with Crippen molar-refractivity contribution in [2.75, 3.05) is 11.5 Å². The van der Waals surface area contributed by atoms with Gasteiger partial charge in [0.25, 0.3) is 0 Å². The summed E-state index contributed by atoms with van der Waals surface area (Å²) < 4.78 is 51.1. The highest BCUT2D eigenvalue weighted by Crippen LogP contribution is 2.37. The lowest BCUT2D eigenvalue weighted by atomic mass is 10.2. The molecule has 0 bridgehead atoms. The summed E-state index contributed by atoms with van der Waals surface area (Å²) in [4.78, 5) is 0.300. The lowest BCUT2D eigenvalue weighted by Crippen LogP contribution is -2.42. The number of nitrogens with zero attached hydrogens (tertiary/aromatic N) is 1. The van der Waals surface area contributed by atoms with Crippen LogP contribution in [0.3, 0.4) is 0 Å². The van der Waals surface area contributed by atoms with E-state index in [0.29, 0.717) is 16.9 Å². The fourth-order valence-electron chi connectivity index (χ4n) is 3.20. The van der Waals surface area contributed by atoms with Gasteiger partial charge in [-0.05, 0) is 44.7 Å². The molecule has 0 unspecified atom stereocenters. The number of rotatable bonds is 4. The van der Waals surface area contributed by atoms with Gasteiger partial charge in [0.15, 0.2) is 9.84 Å². The lowest BCUT2D eigenvalue weighted by molar-refractivity contribution is 0.332. The Hall–Kier alpha value is -0.920. The summed E-state index contributed by atoms with van der Waals surface area (Å²) in [5, 5.41) is 0. The number of sulfonamides is 1. The quantitative estimate of drug-likeness (QED) is 0.833. The van der Waals surface area contributed by atoms with Crippen LogP contribution in [-0.4, -0.2) is 44.7 Å². The topological polar surface area (TPSA) is 71.5 Å². The zero-order valence-electron chi connectivity index (χ0n) is 12.8. The molecule has 122 valence electrons. The Morgan fingerprint density at radius 2 is 1.77 bits per heavy atom. The van der Waals surface area contributed by atoms with E-state index in [1.54, 1.807) is 19.1 Å². The third kappa shape index (κ3) is 2.94. The zero-order chi connectivity index (χ0) is 16.1. The van der Waals surface area contributed by atoms with E-state index >= 15 is 0 Å². The number of sulfone groups is 1. The Morgan fingerprint density at radius 1 is 1.09 bits per heavy atom. The van der Waals surface area contributed by atoms with Gasteiger partial charge in [0.1, 0.15) is 0 Å². The molecule has 1 aliphatic carbocycles. The molecule has 1 aliphatic heterocycles. The SMILES string of the molecule is Cc1ccc(S(=O)(=O)N(C2CC2)[C@H]2CCS(=O)(=O)C2)c(C)c1. The van der Waals surface area contributed by atoms with E-state index in [0.717, 1.165) is 18.4 Å². The molecule has 5 nitrogen and oxygen atoms in total. The predicted octanol–water partition coefficient (Wildman–Crippen LogP) is 1.64. The van der Waals surface area contributed by atoms with Crippen LogP contribution in [0.4, 0.5) is 0 Å². The molecule has 2 aliphatic rings. The van der Waals surface area contributed by atoms with Gasteiger partial charge in [-0.15, -0.1) is 0 Å². The van der Waals surface area contributed by atoms with Crippen LogP contribution in [0.1, 0.15) is 30.4 Å². The van der Waals surface area contributed by atoms with Crippen LogP contribution in [0.15, 0.2) is 23.1 Å². The average Bonchev–Trinajstić information content (AvgIpc) is 3.13. The van der Waals surface area contributed by atoms with E-state index < -0.39 is 25.9 Å². The van der Waals surface area contributed by atoms with Crippen molar-refractivity contribution in [2.45, 2.75) is 50.1 Å². The molecule has 1 saturated heterocycles. The van der Waals surface area contributed by atoms with Crippen LogP contribution in [0.25, 0.3) is 0 Å². The van der Waals surface area contributed by atoms with Crippen LogP contribution in [-0.2, 0) is 19.9 Å². The molecule has 22 heavy (non-hydrogen) atoms. The maximum absolute atomic E-state index is 13.1. The van der Waals surface area contributed by atoms with Crippen molar-refractivity contribution in [2.24, 2.45) is 0 Å². The Morgan fingerprint density at radius 3 is 2.27 bits per heavy atom. The van der Waals surface area contributed by atoms with Gasteiger partial charge in [0.05, 0.1) is 16.4 Å². The van der Waals surface area contributed by atoms with E-state index in [1.165, 1.54) is 4.31 Å². The second kappa shape index (κ2) is 5.32. The van der Waals surface area contributed by atoms with E-state index in [2.05, 4.69) is 0 Å². The van der Waals surface area contributed by atoms with Crippen LogP contribution in [0.5, 0.6) is 0 Å². The monoisotopic (exact) mass is 343 g/mol. The van der Waals surface area contributed by atoms with Crippen LogP contribution < -0.4 is 0 Å². The summed E-state index contributed by atoms with van der Waals surface area (Å²) in [6, 6.07) is 4.82. The molecule has 2 fully saturated rings. The first-order valence-electron chi connectivity index (χ1n) is 7.52. The second-order valence-electron chi connectivity index (χ2n) is 6.39. The van der Waals surface area contributed by atoms with Gasteiger partial charge in [-0.2, -0.15) is 4.31 Å². The average molecular weight is 343 g/mol. The molecule has 7 heteroatoms. The Bertz CT molecular complexity index is 795. The fourth-order valence-corrected chi connectivity index (χ4v) is 7.11. The highest BCUT2D eigenvalue weighted by molar-refractivity contribution is 7.92. The molecule has 1 saturated carbocycles. The van der Waals surface area contributed by atoms with Crippen molar-refractivity contribution >= 4 is 19.9 Å². The van der Waals surface area contributed by atoms with E-state index in [9.17, 15) is 16.8 Å². The number of hydrogen-bond acceptors (Lipinski definition) is 4. The smallest absolute Gasteiger partial charge is 0.229 e. The fraction of sp³-hybridized carbons (Fsp3) is 0.600. The highest BCUT2D eigenvalue weighted by Gasteiger charge is 2.46. The summed E-state index contributed by atoms with van der Waals surface area (Å²) in [5.74, 6) is 0.0386. The van der Waals surface area contributed by atoms with E-state index in [4.69, 9.17) is 0 Å². The van der Waals surface area contributed by atoms with Gasteiger partial charge >= 0.3 is 0 Å². The molecule has 1 aromatic rings. The van der Waals surface area contributed by atoms with Crippen molar-refractivity contribution < 1.29 is 16.8 Å². The predicted molar refractivity (Wildman–Crippen MR) is 85.0 cm³/mol. The molecular weight excluding hydrogens is 322 g/mol. The first-order chi connectivity index (χ1) is 10.2. The van der Waals surface area contributed by atoms with Gasteiger partial charge in [-0.3, -0.25) is 0 Å². The summed E-state index contributed by atoms with van der Waals surface area (Å²) in [5.41, 5.74) is 1.73. The van der Waals surface area contributed by atoms with Crippen molar-refractivity contribution in [3.8, 4) is 0 Å². The maximum Gasteiger partial charge on any atom is 0.243 e. The van der Waals surface area contributed by atoms with Gasteiger partial charge in [-0.25, -0.2) is 16.8 Å². The molecule has 0 aromatic heterocycles. The van der Waals surface area contributed by atoms with Crippen molar-refractivity contribution in [1.29, 1.82) is 0 Å². The minimum atomic E-state index is -3.65. The summed E-state index contributed by atoms with van der Waals surface area (Å²) >= 11 is 0. The Balaban J connectivity index is 2.01. The third-order valence-electron chi connectivity index (χ3n) is 4.36. The normalized spacial score (nSPS) is 24.8. The zero-order valence-corrected chi connectivity index (χ0v) is 14.5. The third-order valence-corrected chi connectivity index (χ3v) is 8.28. The largest absolute Gasteiger partial charge is 0.243 e. The molecule has 3 rings (SSSR count). The first kappa shape index (κ1) is 16.0. The van der Waals surface area contributed by atoms with Crippen LogP contribution in [0, 0.1) is 13.8 Å². The van der Waals surface area contributed by atoms with Gasteiger partial charge in [-0.1, -0.05) is 17.7 Å². The molecule has 0 spiro atoms. The summed E-state index contributed by atoms with van der Waals surface area (Å²) in [6.07, 6.45) is 2.05. The Kier molecular flexibility index (Phi) is 3.86. The molecule has 0 N–H and O–H groups in total. The van der Waals surface area contributed by atoms with Gasteiger partial charge in [0.2, 0.25) is 10.0 Å². The maximum atomic E-state index is 13.1. The molecule has 1 heterocycles. The van der Waals surface area contributed by atoms with Crippen molar-refractivity contribution in [3.05, 3.63) is 29.3 Å². The van der Waals surface area contributed by atoms with Crippen molar-refractivity contribution in [3.63, 3.8) is 0 Å². The number of aryl methyl sites for hydroxylation is 2. The highest BCUT2D eigenvalue weighted by atomic mass is 32.2. The first-order valence-corrected chi connectivity index (χ1v) is 10.8. The van der Waals surface area contributed by atoms with Crippen molar-refractivity contribution in [1.82, 2.24) is 4.31 Å². The molecule has 1 aromatic carbocycles. The number of benzene rings is 1. The lowest BCUT2D eigenvalue weighted by Gasteiger charge is -2.28. The van der Waals surface area contributed by atoms with Gasteiger partial charge in [0, 0.05) is 12.1 Å². The second-order valence-corrected chi connectivity index (χ2v) is 10.4. The molecule has 0 radical (unpaired) electrons. The summed E-state index contributed by atoms with van der Waals surface area (Å²) in [7, 11) is -6.76. The van der Waals surface area contributed by atoms with Crippen LogP contribution >= 0.6 is 0 Å². The standard InChI is InChI=1S/C15H21NO4S2/c1-11-3-6-15(12(2)9-11)22(19,20)16(13-4-5-13)14-7-8-21(17,18)10-14/h3,6,9,13-14H,4-5,7-8,10H2,1-2H3/t14-/m0/s1. The van der Waals surface area contributed by atoms with E-state index in [-0.39, 0.29) is 17.5 Å². The molecule has 0 amide bonds. The number of hydrogen-bond donors (Lipinski definition) is 0. The van der Waals surface area contributed by atoms with E-state index in [1.807, 2.05) is 13.0 Å². The van der Waals surface area contributed by atoms with Gasteiger partial charge < -0.3 is 0 Å². The molecular formula is C15H21NO4S2. The minimum absolute atomic E-state index is 0.0380. The molecule has 1 atom stereocenters. The summed E-state index contributed by atoms with van der Waals surface area (Å²) in [6.45, 7) is 3.71. The Labute approximate surface area is 132 Å².